The van der Waals surface area contributed by atoms with Crippen LogP contribution in [0, 0.1) is 5.92 Å². The summed E-state index contributed by atoms with van der Waals surface area (Å²) in [6, 6.07) is -0.413. The molecule has 1 unspecified atom stereocenters. The third-order valence-corrected chi connectivity index (χ3v) is 5.84. The van der Waals surface area contributed by atoms with Crippen molar-refractivity contribution < 1.29 is 9.53 Å². The first-order valence-electron chi connectivity index (χ1n) is 8.21. The van der Waals surface area contributed by atoms with Gasteiger partial charge in [0.25, 0.3) is 0 Å². The lowest BCUT2D eigenvalue weighted by Crippen LogP contribution is -2.47. The molecule has 1 aliphatic heterocycles. The average molecular weight is 323 g/mol. The molecule has 1 atom stereocenters. The van der Waals surface area contributed by atoms with Gasteiger partial charge in [0.2, 0.25) is 5.91 Å². The summed E-state index contributed by atoms with van der Waals surface area (Å²) < 4.78 is 5.34. The number of rotatable bonds is 4. The molecule has 0 radical (unpaired) electrons. The van der Waals surface area contributed by atoms with Crippen LogP contribution in [0.15, 0.2) is 0 Å². The maximum atomic E-state index is 12.5. The van der Waals surface area contributed by atoms with Gasteiger partial charge < -0.3 is 15.4 Å². The highest BCUT2D eigenvalue weighted by atomic mass is 32.1. The van der Waals surface area contributed by atoms with Crippen LogP contribution < -0.4 is 5.73 Å². The fraction of sp³-hybridized carbons (Fsp3) is 0.750. The highest BCUT2D eigenvalue weighted by Gasteiger charge is 2.29. The Hall–Kier alpha value is -0.980. The van der Waals surface area contributed by atoms with Crippen LogP contribution in [0.1, 0.15) is 41.3 Å². The quantitative estimate of drug-likeness (QED) is 0.916. The van der Waals surface area contributed by atoms with Gasteiger partial charge in [-0.1, -0.05) is 0 Å². The number of hydrogen-bond acceptors (Lipinski definition) is 5. The molecule has 0 bridgehead atoms. The summed E-state index contributed by atoms with van der Waals surface area (Å²) in [5.41, 5.74) is 7.43. The summed E-state index contributed by atoms with van der Waals surface area (Å²) in [6.45, 7) is 2.01. The summed E-state index contributed by atoms with van der Waals surface area (Å²) in [7, 11) is 1.84. The van der Waals surface area contributed by atoms with E-state index in [4.69, 9.17) is 15.5 Å². The molecule has 3 rings (SSSR count). The summed E-state index contributed by atoms with van der Waals surface area (Å²) in [4.78, 5) is 20.4. The van der Waals surface area contributed by atoms with Crippen molar-refractivity contribution in [1.82, 2.24) is 9.88 Å². The Bertz CT molecular complexity index is 502. The van der Waals surface area contributed by atoms with E-state index >= 15 is 0 Å². The van der Waals surface area contributed by atoms with Gasteiger partial charge in [0.1, 0.15) is 5.01 Å². The second-order valence-electron chi connectivity index (χ2n) is 6.35. The van der Waals surface area contributed by atoms with Crippen molar-refractivity contribution in [2.24, 2.45) is 11.7 Å². The van der Waals surface area contributed by atoms with Crippen molar-refractivity contribution in [1.29, 1.82) is 0 Å². The predicted molar refractivity (Wildman–Crippen MR) is 86.7 cm³/mol. The lowest BCUT2D eigenvalue weighted by atomic mass is 9.91. The molecule has 1 aliphatic carbocycles. The molecule has 2 heterocycles. The Morgan fingerprint density at radius 2 is 2.14 bits per heavy atom. The van der Waals surface area contributed by atoms with Gasteiger partial charge in [-0.15, -0.1) is 11.3 Å². The molecule has 5 nitrogen and oxygen atoms in total. The number of aryl methyl sites for hydroxylation is 2. The zero-order chi connectivity index (χ0) is 15.5. The van der Waals surface area contributed by atoms with Crippen molar-refractivity contribution in [3.05, 3.63) is 15.6 Å². The molecule has 22 heavy (non-hydrogen) atoms. The van der Waals surface area contributed by atoms with Gasteiger partial charge in [0.15, 0.2) is 0 Å². The molecular weight excluding hydrogens is 298 g/mol. The van der Waals surface area contributed by atoms with Crippen LogP contribution >= 0.6 is 11.3 Å². The Balaban J connectivity index is 1.59. The molecule has 0 saturated carbocycles. The average Bonchev–Trinajstić information content (AvgIpc) is 2.96. The molecule has 0 aromatic carbocycles. The standard InChI is InChI=1S/C16H25N3O2S/c1-19(16(20)15(17)11-6-8-21-9-7-11)10-14-18-12-4-2-3-5-13(12)22-14/h11,15H,2-10,17H2,1H3. The second kappa shape index (κ2) is 7.06. The molecule has 122 valence electrons. The largest absolute Gasteiger partial charge is 0.381 e. The Morgan fingerprint density at radius 1 is 1.41 bits per heavy atom. The minimum atomic E-state index is -0.413. The fourth-order valence-electron chi connectivity index (χ4n) is 3.28. The number of carbonyl (C=O) groups excluding carboxylic acids is 1. The molecular formula is C16H25N3O2S. The first-order valence-corrected chi connectivity index (χ1v) is 9.02. The molecule has 1 fully saturated rings. The van der Waals surface area contributed by atoms with E-state index in [-0.39, 0.29) is 11.8 Å². The molecule has 0 spiro atoms. The van der Waals surface area contributed by atoms with Gasteiger partial charge in [-0.3, -0.25) is 4.79 Å². The molecule has 1 amide bonds. The first-order chi connectivity index (χ1) is 10.6. The zero-order valence-electron chi connectivity index (χ0n) is 13.2. The zero-order valence-corrected chi connectivity index (χ0v) is 14.0. The van der Waals surface area contributed by atoms with Crippen molar-refractivity contribution in [3.63, 3.8) is 0 Å². The first kappa shape index (κ1) is 15.9. The van der Waals surface area contributed by atoms with Gasteiger partial charge in [0.05, 0.1) is 18.3 Å². The monoisotopic (exact) mass is 323 g/mol. The molecule has 6 heteroatoms. The van der Waals surface area contributed by atoms with E-state index in [2.05, 4.69) is 0 Å². The van der Waals surface area contributed by atoms with E-state index in [0.29, 0.717) is 19.8 Å². The number of amides is 1. The summed E-state index contributed by atoms with van der Waals surface area (Å²) >= 11 is 1.76. The number of fused-ring (bicyclic) bond motifs is 1. The van der Waals surface area contributed by atoms with Crippen LogP contribution in [0.3, 0.4) is 0 Å². The van der Waals surface area contributed by atoms with Gasteiger partial charge >= 0.3 is 0 Å². The Labute approximate surface area is 135 Å². The third-order valence-electron chi connectivity index (χ3n) is 4.70. The van der Waals surface area contributed by atoms with Gasteiger partial charge in [-0.2, -0.15) is 0 Å². The van der Waals surface area contributed by atoms with Crippen LogP contribution in [0.4, 0.5) is 0 Å². The number of nitrogens with two attached hydrogens (primary N) is 1. The number of aromatic nitrogens is 1. The third kappa shape index (κ3) is 3.50. The molecule has 2 aliphatic rings. The Kier molecular flexibility index (Phi) is 5.10. The number of ether oxygens (including phenoxy) is 1. The van der Waals surface area contributed by atoms with E-state index in [1.54, 1.807) is 16.2 Å². The highest BCUT2D eigenvalue weighted by molar-refractivity contribution is 7.11. The second-order valence-corrected chi connectivity index (χ2v) is 7.52. The van der Waals surface area contributed by atoms with Crippen LogP contribution in [0.25, 0.3) is 0 Å². The number of hydrogen-bond donors (Lipinski definition) is 1. The van der Waals surface area contributed by atoms with Crippen LogP contribution in [0.2, 0.25) is 0 Å². The van der Waals surface area contributed by atoms with Gasteiger partial charge in [-0.25, -0.2) is 4.98 Å². The number of likely N-dealkylation sites (N-methyl/N-ethyl adjacent to an activating group) is 1. The smallest absolute Gasteiger partial charge is 0.239 e. The number of thiazole rings is 1. The van der Waals surface area contributed by atoms with Crippen LogP contribution in [-0.2, 0) is 28.9 Å². The molecule has 2 N–H and O–H groups in total. The lowest BCUT2D eigenvalue weighted by Gasteiger charge is -2.29. The Morgan fingerprint density at radius 3 is 2.86 bits per heavy atom. The van der Waals surface area contributed by atoms with Crippen LogP contribution in [-0.4, -0.2) is 42.1 Å². The summed E-state index contributed by atoms with van der Waals surface area (Å²) in [5.74, 6) is 0.272. The van der Waals surface area contributed by atoms with Crippen molar-refractivity contribution >= 4 is 17.2 Å². The van der Waals surface area contributed by atoms with Crippen molar-refractivity contribution in [2.45, 2.75) is 51.1 Å². The van der Waals surface area contributed by atoms with Gasteiger partial charge in [0, 0.05) is 25.1 Å². The fourth-order valence-corrected chi connectivity index (χ4v) is 4.50. The summed E-state index contributed by atoms with van der Waals surface area (Å²) in [6.07, 6.45) is 6.49. The maximum absolute atomic E-state index is 12.5. The maximum Gasteiger partial charge on any atom is 0.239 e. The minimum absolute atomic E-state index is 0.0278. The van der Waals surface area contributed by atoms with Crippen molar-refractivity contribution in [2.75, 3.05) is 20.3 Å². The SMILES string of the molecule is CN(Cc1nc2c(s1)CCCC2)C(=O)C(N)C1CCOCC1. The van der Waals surface area contributed by atoms with E-state index in [1.807, 2.05) is 7.05 Å². The van der Waals surface area contributed by atoms with Gasteiger partial charge in [-0.05, 0) is 44.4 Å². The normalized spacial score (nSPS) is 20.5. The predicted octanol–water partition coefficient (Wildman–Crippen LogP) is 1.73. The van der Waals surface area contributed by atoms with E-state index < -0.39 is 6.04 Å². The van der Waals surface area contributed by atoms with E-state index in [9.17, 15) is 4.79 Å². The molecule has 1 saturated heterocycles. The highest BCUT2D eigenvalue weighted by Crippen LogP contribution is 2.27. The van der Waals surface area contributed by atoms with E-state index in [0.717, 1.165) is 30.7 Å². The summed E-state index contributed by atoms with van der Waals surface area (Å²) in [5, 5.41) is 1.04. The number of carbonyl (C=O) groups is 1. The van der Waals surface area contributed by atoms with Crippen molar-refractivity contribution in [3.8, 4) is 0 Å². The molecule has 1 aromatic rings. The van der Waals surface area contributed by atoms with Crippen LogP contribution in [0.5, 0.6) is 0 Å². The minimum Gasteiger partial charge on any atom is -0.381 e. The topological polar surface area (TPSA) is 68.5 Å². The molecule has 1 aromatic heterocycles. The van der Waals surface area contributed by atoms with E-state index in [1.165, 1.54) is 23.4 Å². The lowest BCUT2D eigenvalue weighted by molar-refractivity contribution is -0.133. The number of nitrogens with zero attached hydrogens (tertiary/aromatic N) is 2.